The van der Waals surface area contributed by atoms with Gasteiger partial charge in [0.05, 0.1) is 18.9 Å². The molecule has 0 aliphatic carbocycles. The summed E-state index contributed by atoms with van der Waals surface area (Å²) < 4.78 is 5.39. The molecule has 37 heavy (non-hydrogen) atoms. The summed E-state index contributed by atoms with van der Waals surface area (Å²) in [6.45, 7) is 11.4. The number of rotatable bonds is 9. The molecular weight excluding hydrogens is 472 g/mol. The van der Waals surface area contributed by atoms with E-state index >= 15 is 0 Å². The van der Waals surface area contributed by atoms with E-state index in [9.17, 15) is 19.8 Å². The first kappa shape index (κ1) is 27.9. The number of nitrogens with zero attached hydrogens (tertiary/aromatic N) is 1. The summed E-state index contributed by atoms with van der Waals surface area (Å²) in [4.78, 5) is 28.0. The monoisotopic (exact) mass is 508 g/mol. The van der Waals surface area contributed by atoms with Crippen molar-refractivity contribution < 1.29 is 24.5 Å². The second kappa shape index (κ2) is 12.5. The number of phenolic OH excluding ortho intramolecular Hbond substituents is 2. The Morgan fingerprint density at radius 2 is 1.73 bits per heavy atom. The highest BCUT2D eigenvalue weighted by molar-refractivity contribution is 6.45. The molecule has 1 aliphatic heterocycles. The Bertz CT molecular complexity index is 1180. The first-order chi connectivity index (χ1) is 17.6. The predicted octanol–water partition coefficient (Wildman–Crippen LogP) is 3.37. The van der Waals surface area contributed by atoms with E-state index in [1.54, 1.807) is 32.0 Å². The highest BCUT2D eigenvalue weighted by Gasteiger charge is 2.23. The van der Waals surface area contributed by atoms with E-state index in [-0.39, 0.29) is 23.1 Å². The number of benzene rings is 2. The number of morpholine rings is 1. The summed E-state index contributed by atoms with van der Waals surface area (Å²) in [5.74, 6) is -1.44. The third-order valence-electron chi connectivity index (χ3n) is 6.32. The number of hydrogen-bond donors (Lipinski definition) is 5. The second-order valence-electron chi connectivity index (χ2n) is 9.36. The molecule has 1 aliphatic rings. The van der Waals surface area contributed by atoms with Crippen LogP contribution in [0.15, 0.2) is 42.1 Å². The third-order valence-corrected chi connectivity index (χ3v) is 6.32. The average Bonchev–Trinajstić information content (AvgIpc) is 2.87. The zero-order valence-electron chi connectivity index (χ0n) is 21.9. The Hall–Kier alpha value is -3.69. The number of ether oxygens (including phenoxy) is 1. The fourth-order valence-corrected chi connectivity index (χ4v) is 4.16. The van der Waals surface area contributed by atoms with Gasteiger partial charge >= 0.3 is 0 Å². The summed E-state index contributed by atoms with van der Waals surface area (Å²) in [7, 11) is 0. The van der Waals surface area contributed by atoms with Crippen molar-refractivity contribution in [1.82, 2.24) is 15.5 Å². The highest BCUT2D eigenvalue weighted by atomic mass is 16.5. The molecule has 3 rings (SSSR count). The molecule has 0 bridgehead atoms. The number of allylic oxidation sites excluding steroid dienone is 1. The number of carbonyl (C=O) groups is 2. The van der Waals surface area contributed by atoms with Gasteiger partial charge in [-0.15, -0.1) is 0 Å². The van der Waals surface area contributed by atoms with Gasteiger partial charge in [0.1, 0.15) is 17.2 Å². The predicted molar refractivity (Wildman–Crippen MR) is 143 cm³/mol. The van der Waals surface area contributed by atoms with Crippen LogP contribution in [0, 0.1) is 5.41 Å². The summed E-state index contributed by atoms with van der Waals surface area (Å²) >= 11 is 0. The van der Waals surface area contributed by atoms with E-state index in [1.165, 1.54) is 6.07 Å². The standard InChI is InChI=1S/C28H36N4O5/c1-5-30-28(36)25(29)26(18(4)22-14-21(17(2)3)23(33)15-24(22)34)31-27(35)20-8-6-19(7-9-20)16-32-10-12-37-13-11-32/h6-9,14-15,17,29,33-34H,5,10-13,16H2,1-4H3,(H,30,36)(H,31,35)/b26-18-,29-25?. The molecule has 1 saturated heterocycles. The molecule has 9 nitrogen and oxygen atoms in total. The molecule has 0 saturated carbocycles. The van der Waals surface area contributed by atoms with E-state index in [0.29, 0.717) is 42.0 Å². The number of carbonyl (C=O) groups excluding carboxylic acids is 2. The molecule has 2 aromatic rings. The van der Waals surface area contributed by atoms with Crippen LogP contribution < -0.4 is 10.6 Å². The van der Waals surface area contributed by atoms with Crippen molar-refractivity contribution in [3.8, 4) is 11.5 Å². The number of nitrogens with one attached hydrogen (secondary N) is 3. The Labute approximate surface area is 217 Å². The van der Waals surface area contributed by atoms with Gasteiger partial charge in [0.15, 0.2) is 0 Å². The average molecular weight is 509 g/mol. The Morgan fingerprint density at radius 3 is 2.32 bits per heavy atom. The van der Waals surface area contributed by atoms with E-state index in [2.05, 4.69) is 15.5 Å². The molecule has 5 N–H and O–H groups in total. The molecule has 1 heterocycles. The number of aromatic hydroxyl groups is 2. The first-order valence-electron chi connectivity index (χ1n) is 12.5. The molecule has 1 fully saturated rings. The molecular formula is C28H36N4O5. The molecule has 2 amide bonds. The van der Waals surface area contributed by atoms with Crippen molar-refractivity contribution in [2.45, 2.75) is 40.2 Å². The Balaban J connectivity index is 1.92. The Kier molecular flexibility index (Phi) is 9.43. The highest BCUT2D eigenvalue weighted by Crippen LogP contribution is 2.36. The van der Waals surface area contributed by atoms with Gasteiger partial charge in [-0.25, -0.2) is 0 Å². The summed E-state index contributed by atoms with van der Waals surface area (Å²) in [6.07, 6.45) is 0. The maximum atomic E-state index is 13.2. The van der Waals surface area contributed by atoms with Gasteiger partial charge in [0.2, 0.25) is 0 Å². The van der Waals surface area contributed by atoms with Crippen molar-refractivity contribution >= 4 is 23.1 Å². The van der Waals surface area contributed by atoms with Crippen LogP contribution in [0.1, 0.15) is 60.7 Å². The quantitative estimate of drug-likeness (QED) is 0.330. The van der Waals surface area contributed by atoms with Gasteiger partial charge in [-0.1, -0.05) is 26.0 Å². The van der Waals surface area contributed by atoms with E-state index in [0.717, 1.165) is 25.2 Å². The number of hydrogen-bond acceptors (Lipinski definition) is 7. The van der Waals surface area contributed by atoms with Crippen molar-refractivity contribution in [3.05, 3.63) is 64.3 Å². The van der Waals surface area contributed by atoms with Crippen LogP contribution in [-0.2, 0) is 16.1 Å². The lowest BCUT2D eigenvalue weighted by Crippen LogP contribution is -2.37. The SMILES string of the molecule is CCNC(=O)C(=N)/C(NC(=O)c1ccc(CN2CCOCC2)cc1)=C(\C)c1cc(C(C)C)c(O)cc1O. The minimum absolute atomic E-state index is 0.0240. The van der Waals surface area contributed by atoms with Crippen LogP contribution in [0.3, 0.4) is 0 Å². The number of phenols is 2. The lowest BCUT2D eigenvalue weighted by molar-refractivity contribution is -0.114. The van der Waals surface area contributed by atoms with E-state index in [1.807, 2.05) is 26.0 Å². The minimum atomic E-state index is -0.652. The zero-order chi connectivity index (χ0) is 27.1. The van der Waals surface area contributed by atoms with Crippen LogP contribution in [-0.4, -0.2) is 65.5 Å². The van der Waals surface area contributed by atoms with Gasteiger partial charge in [-0.3, -0.25) is 19.9 Å². The molecule has 198 valence electrons. The van der Waals surface area contributed by atoms with Crippen LogP contribution in [0.25, 0.3) is 5.57 Å². The lowest BCUT2D eigenvalue weighted by Gasteiger charge is -2.26. The molecule has 9 heteroatoms. The molecule has 0 unspecified atom stereocenters. The molecule has 0 radical (unpaired) electrons. The molecule has 2 aromatic carbocycles. The maximum absolute atomic E-state index is 13.2. The lowest BCUT2D eigenvalue weighted by atomic mass is 9.94. The fraction of sp³-hybridized carbons (Fsp3) is 0.393. The topological polar surface area (TPSA) is 135 Å². The largest absolute Gasteiger partial charge is 0.508 e. The second-order valence-corrected chi connectivity index (χ2v) is 9.36. The summed E-state index contributed by atoms with van der Waals surface area (Å²) in [5, 5.41) is 34.6. The van der Waals surface area contributed by atoms with Crippen LogP contribution in [0.5, 0.6) is 11.5 Å². The smallest absolute Gasteiger partial charge is 0.271 e. The normalized spacial score (nSPS) is 14.7. The van der Waals surface area contributed by atoms with Gasteiger partial charge in [0.25, 0.3) is 11.8 Å². The Morgan fingerprint density at radius 1 is 1.08 bits per heavy atom. The van der Waals surface area contributed by atoms with Gasteiger partial charge in [0, 0.05) is 43.4 Å². The third kappa shape index (κ3) is 6.96. The molecule has 0 atom stereocenters. The van der Waals surface area contributed by atoms with Crippen LogP contribution in [0.4, 0.5) is 0 Å². The van der Waals surface area contributed by atoms with Crippen molar-refractivity contribution in [2.24, 2.45) is 0 Å². The zero-order valence-corrected chi connectivity index (χ0v) is 21.9. The summed E-state index contributed by atoms with van der Waals surface area (Å²) in [6, 6.07) is 10.0. The van der Waals surface area contributed by atoms with Crippen LogP contribution in [0.2, 0.25) is 0 Å². The molecule has 0 aromatic heterocycles. The summed E-state index contributed by atoms with van der Waals surface area (Å²) in [5.41, 5.74) is 2.21. The van der Waals surface area contributed by atoms with Crippen molar-refractivity contribution in [3.63, 3.8) is 0 Å². The van der Waals surface area contributed by atoms with E-state index in [4.69, 9.17) is 10.1 Å². The minimum Gasteiger partial charge on any atom is -0.508 e. The van der Waals surface area contributed by atoms with Gasteiger partial charge in [-0.2, -0.15) is 0 Å². The number of amides is 2. The van der Waals surface area contributed by atoms with Gasteiger partial charge in [-0.05, 0) is 54.7 Å². The molecule has 0 spiro atoms. The fourth-order valence-electron chi connectivity index (χ4n) is 4.16. The van der Waals surface area contributed by atoms with Crippen molar-refractivity contribution in [2.75, 3.05) is 32.8 Å². The van der Waals surface area contributed by atoms with Crippen molar-refractivity contribution in [1.29, 1.82) is 5.41 Å². The van der Waals surface area contributed by atoms with Gasteiger partial charge < -0.3 is 25.6 Å². The van der Waals surface area contributed by atoms with E-state index < -0.39 is 17.5 Å². The maximum Gasteiger partial charge on any atom is 0.271 e. The van der Waals surface area contributed by atoms with Crippen LogP contribution >= 0.6 is 0 Å². The first-order valence-corrected chi connectivity index (χ1v) is 12.5.